The summed E-state index contributed by atoms with van der Waals surface area (Å²) in [5, 5.41) is 4.96. The monoisotopic (exact) mass is 624 g/mol. The molecule has 15 heteroatoms. The molecule has 15 nitrogen and oxygen atoms in total. The van der Waals surface area contributed by atoms with Crippen molar-refractivity contribution in [1.82, 2.24) is 10.6 Å². The van der Waals surface area contributed by atoms with Crippen LogP contribution in [0.2, 0.25) is 0 Å². The molecule has 2 rings (SSSR count). The Morgan fingerprint density at radius 3 is 2.02 bits per heavy atom. The van der Waals surface area contributed by atoms with E-state index in [1.54, 1.807) is 51.1 Å². The molecule has 1 aliphatic heterocycles. The first-order valence-electron chi connectivity index (χ1n) is 13.8. The number of nitrogens with one attached hydrogen (secondary N) is 2. The molecule has 0 radical (unpaired) electrons. The molecule has 1 heterocycles. The van der Waals surface area contributed by atoms with Gasteiger partial charge in [0.05, 0.1) is 6.61 Å². The van der Waals surface area contributed by atoms with E-state index in [0.29, 0.717) is 5.56 Å². The van der Waals surface area contributed by atoms with Crippen LogP contribution in [0.5, 0.6) is 0 Å². The van der Waals surface area contributed by atoms with Gasteiger partial charge in [-0.1, -0.05) is 30.3 Å². The molecular weight excluding hydrogens is 584 g/mol. The average Bonchev–Trinajstić information content (AvgIpc) is 2.90. The van der Waals surface area contributed by atoms with E-state index in [1.807, 2.05) is 0 Å². The van der Waals surface area contributed by atoms with Crippen LogP contribution < -0.4 is 10.6 Å². The molecule has 1 fully saturated rings. The van der Waals surface area contributed by atoms with Crippen LogP contribution in [0.15, 0.2) is 30.3 Å². The zero-order chi connectivity index (χ0) is 33.0. The fraction of sp³-hybridized carbons (Fsp3) is 0.586. The van der Waals surface area contributed by atoms with E-state index in [0.717, 1.165) is 20.8 Å². The maximum Gasteiger partial charge on any atom is 0.408 e. The predicted octanol–water partition coefficient (Wildman–Crippen LogP) is 1.30. The highest BCUT2D eigenvalue weighted by Gasteiger charge is 2.51. The van der Waals surface area contributed by atoms with Crippen LogP contribution in [0.4, 0.5) is 4.79 Å². The van der Waals surface area contributed by atoms with Crippen molar-refractivity contribution in [2.45, 2.75) is 97.4 Å². The quantitative estimate of drug-likeness (QED) is 0.250. The minimum atomic E-state index is -1.47. The summed E-state index contributed by atoms with van der Waals surface area (Å²) in [6.45, 7) is 8.33. The molecular formula is C29H40N2O13. The summed E-state index contributed by atoms with van der Waals surface area (Å²) in [5.41, 5.74) is -0.201. The first kappa shape index (κ1) is 36.0. The van der Waals surface area contributed by atoms with E-state index < -0.39 is 91.4 Å². The van der Waals surface area contributed by atoms with Gasteiger partial charge in [0.25, 0.3) is 0 Å². The second-order valence-electron chi connectivity index (χ2n) is 10.8. The van der Waals surface area contributed by atoms with Gasteiger partial charge in [0.15, 0.2) is 24.5 Å². The third-order valence-corrected chi connectivity index (χ3v) is 5.70. The lowest BCUT2D eigenvalue weighted by atomic mass is 9.96. The van der Waals surface area contributed by atoms with Crippen LogP contribution in [0.3, 0.4) is 0 Å². The topological polar surface area (TPSA) is 191 Å². The summed E-state index contributed by atoms with van der Waals surface area (Å²) in [6, 6.07) is 6.10. The second kappa shape index (κ2) is 16.6. The molecule has 2 amide bonds. The number of carbonyl (C=O) groups excluding carboxylic acids is 6. The summed E-state index contributed by atoms with van der Waals surface area (Å²) >= 11 is 0. The first-order valence-corrected chi connectivity index (χ1v) is 13.8. The van der Waals surface area contributed by atoms with E-state index in [9.17, 15) is 28.8 Å². The number of hydrogen-bond acceptors (Lipinski definition) is 13. The summed E-state index contributed by atoms with van der Waals surface area (Å²) < 4.78 is 38.3. The molecule has 1 saturated heterocycles. The average molecular weight is 625 g/mol. The molecule has 44 heavy (non-hydrogen) atoms. The van der Waals surface area contributed by atoms with E-state index in [4.69, 9.17) is 33.2 Å². The molecule has 6 atom stereocenters. The van der Waals surface area contributed by atoms with Gasteiger partial charge in [-0.15, -0.1) is 0 Å². The molecule has 0 aromatic heterocycles. The van der Waals surface area contributed by atoms with Gasteiger partial charge in [-0.2, -0.15) is 0 Å². The SMILES string of the molecule is CC(=O)N[C@H]1[C@H](OC[C@H](NC(=O)OC(C)(C)C)C(=O)OCc2ccccc2)O[C@H](COC(C)=O)[C@@H](OC(C)=O)[C@@H]1OC(C)=O. The highest BCUT2D eigenvalue weighted by atomic mass is 16.7. The lowest BCUT2D eigenvalue weighted by Crippen LogP contribution is -2.67. The van der Waals surface area contributed by atoms with E-state index in [1.165, 1.54) is 6.92 Å². The Bertz CT molecular complexity index is 1170. The fourth-order valence-electron chi connectivity index (χ4n) is 4.07. The number of benzene rings is 1. The third kappa shape index (κ3) is 12.6. The molecule has 0 aliphatic carbocycles. The van der Waals surface area contributed by atoms with Gasteiger partial charge < -0.3 is 43.8 Å². The zero-order valence-corrected chi connectivity index (χ0v) is 25.8. The Morgan fingerprint density at radius 1 is 0.864 bits per heavy atom. The molecule has 1 aromatic rings. The minimum Gasteiger partial charge on any atom is -0.463 e. The molecule has 2 N–H and O–H groups in total. The lowest BCUT2D eigenvalue weighted by molar-refractivity contribution is -0.278. The van der Waals surface area contributed by atoms with Crippen molar-refractivity contribution in [3.63, 3.8) is 0 Å². The highest BCUT2D eigenvalue weighted by Crippen LogP contribution is 2.28. The van der Waals surface area contributed by atoms with Crippen molar-refractivity contribution in [3.05, 3.63) is 35.9 Å². The van der Waals surface area contributed by atoms with Gasteiger partial charge in [-0.3, -0.25) is 19.2 Å². The van der Waals surface area contributed by atoms with Crippen LogP contribution in [0, 0.1) is 0 Å². The normalized spacial score (nSPS) is 22.0. The van der Waals surface area contributed by atoms with Gasteiger partial charge in [-0.25, -0.2) is 9.59 Å². The van der Waals surface area contributed by atoms with Crippen molar-refractivity contribution < 1.29 is 61.9 Å². The van der Waals surface area contributed by atoms with Crippen molar-refractivity contribution in [1.29, 1.82) is 0 Å². The lowest BCUT2D eigenvalue weighted by Gasteiger charge is -2.45. The highest BCUT2D eigenvalue weighted by molar-refractivity contribution is 5.81. The van der Waals surface area contributed by atoms with E-state index in [-0.39, 0.29) is 6.61 Å². The maximum atomic E-state index is 13.1. The molecule has 0 spiro atoms. The predicted molar refractivity (Wildman–Crippen MR) is 149 cm³/mol. The number of hydrogen-bond donors (Lipinski definition) is 2. The summed E-state index contributed by atoms with van der Waals surface area (Å²) in [4.78, 5) is 73.4. The largest absolute Gasteiger partial charge is 0.463 e. The number of amides is 2. The molecule has 0 bridgehead atoms. The Morgan fingerprint density at radius 2 is 1.48 bits per heavy atom. The first-order chi connectivity index (χ1) is 20.6. The van der Waals surface area contributed by atoms with Crippen LogP contribution in [0.1, 0.15) is 54.0 Å². The summed E-state index contributed by atoms with van der Waals surface area (Å²) in [5.74, 6) is -3.70. The molecule has 1 aliphatic rings. The Hall–Kier alpha value is -4.24. The number of carbonyl (C=O) groups is 6. The smallest absolute Gasteiger partial charge is 0.408 e. The fourth-order valence-corrected chi connectivity index (χ4v) is 4.07. The Balaban J connectivity index is 2.37. The maximum absolute atomic E-state index is 13.1. The molecule has 1 aromatic carbocycles. The molecule has 0 unspecified atom stereocenters. The Labute approximate surface area is 255 Å². The standard InChI is InChI=1S/C29H40N2O13/c1-16(32)30-23-25(42-19(4)35)24(41-18(3)34)22(15-38-17(2)33)43-27(23)40-14-21(31-28(37)44-29(5,6)7)26(36)39-13-20-11-9-8-10-12-20/h8-12,21-25,27H,13-15H2,1-7H3,(H,30,32)(H,31,37)/t21-,22+,23+,24+,25+,27+/m0/s1. The second-order valence-corrected chi connectivity index (χ2v) is 10.8. The van der Waals surface area contributed by atoms with E-state index >= 15 is 0 Å². The van der Waals surface area contributed by atoms with Crippen molar-refractivity contribution in [3.8, 4) is 0 Å². The van der Waals surface area contributed by atoms with Crippen molar-refractivity contribution in [2.75, 3.05) is 13.2 Å². The molecule has 0 saturated carbocycles. The van der Waals surface area contributed by atoms with Gasteiger partial charge in [0.2, 0.25) is 5.91 Å². The number of ether oxygens (including phenoxy) is 7. The minimum absolute atomic E-state index is 0.107. The van der Waals surface area contributed by atoms with Crippen molar-refractivity contribution in [2.24, 2.45) is 0 Å². The van der Waals surface area contributed by atoms with E-state index in [2.05, 4.69) is 10.6 Å². The summed E-state index contributed by atoms with van der Waals surface area (Å²) in [6.07, 6.45) is -6.35. The van der Waals surface area contributed by atoms with Crippen molar-refractivity contribution >= 4 is 35.9 Å². The Kier molecular flexibility index (Phi) is 13.5. The zero-order valence-electron chi connectivity index (χ0n) is 25.8. The number of rotatable bonds is 12. The van der Waals surface area contributed by atoms with Gasteiger partial charge >= 0.3 is 30.0 Å². The van der Waals surface area contributed by atoms with Gasteiger partial charge in [-0.05, 0) is 26.3 Å². The van der Waals surface area contributed by atoms with Crippen LogP contribution in [-0.2, 0) is 63.7 Å². The van der Waals surface area contributed by atoms with Gasteiger partial charge in [0, 0.05) is 27.7 Å². The number of esters is 4. The number of alkyl carbamates (subject to hydrolysis) is 1. The third-order valence-electron chi connectivity index (χ3n) is 5.70. The van der Waals surface area contributed by atoms with Crippen LogP contribution >= 0.6 is 0 Å². The van der Waals surface area contributed by atoms with Gasteiger partial charge in [0.1, 0.15) is 31.0 Å². The molecule has 244 valence electrons. The van der Waals surface area contributed by atoms with Crippen LogP contribution in [0.25, 0.3) is 0 Å². The van der Waals surface area contributed by atoms with Crippen LogP contribution in [-0.4, -0.2) is 91.4 Å². The summed E-state index contributed by atoms with van der Waals surface area (Å²) in [7, 11) is 0.